The molecule has 0 atom stereocenters. The summed E-state index contributed by atoms with van der Waals surface area (Å²) < 4.78 is 13.4. The van der Waals surface area contributed by atoms with Crippen LogP contribution in [0, 0.1) is 12.7 Å². The fraction of sp³-hybridized carbons (Fsp3) is 0.318. The van der Waals surface area contributed by atoms with E-state index in [0.29, 0.717) is 0 Å². The van der Waals surface area contributed by atoms with E-state index in [9.17, 15) is 9.50 Å². The lowest BCUT2D eigenvalue weighted by atomic mass is 9.94. The van der Waals surface area contributed by atoms with Crippen LogP contribution in [0.15, 0.2) is 42.5 Å². The predicted molar refractivity (Wildman–Crippen MR) is 104 cm³/mol. The Balaban J connectivity index is 1.94. The second-order valence-corrected chi connectivity index (χ2v) is 6.96. The summed E-state index contributed by atoms with van der Waals surface area (Å²) in [4.78, 5) is 7.10. The highest BCUT2D eigenvalue weighted by Crippen LogP contribution is 2.35. The highest BCUT2D eigenvalue weighted by molar-refractivity contribution is 5.98. The van der Waals surface area contributed by atoms with Crippen molar-refractivity contribution < 1.29 is 9.50 Å². The molecule has 0 unspecified atom stereocenters. The van der Waals surface area contributed by atoms with E-state index in [0.717, 1.165) is 46.4 Å². The molecule has 1 aliphatic rings. The number of aryl methyl sites for hydroxylation is 1. The Morgan fingerprint density at radius 1 is 1.04 bits per heavy atom. The lowest BCUT2D eigenvalue weighted by Gasteiger charge is -2.29. The van der Waals surface area contributed by atoms with Crippen LogP contribution in [0.4, 0.5) is 10.1 Å². The molecule has 134 valence electrons. The van der Waals surface area contributed by atoms with E-state index in [2.05, 4.69) is 28.1 Å². The van der Waals surface area contributed by atoms with Gasteiger partial charge in [-0.25, -0.2) is 4.39 Å². The van der Waals surface area contributed by atoms with Gasteiger partial charge in [0.2, 0.25) is 0 Å². The van der Waals surface area contributed by atoms with Crippen LogP contribution in [0.5, 0.6) is 0 Å². The molecule has 0 amide bonds. The van der Waals surface area contributed by atoms with E-state index < -0.39 is 0 Å². The molecule has 0 radical (unpaired) electrons. The summed E-state index contributed by atoms with van der Waals surface area (Å²) >= 11 is 0. The number of benzene rings is 2. The van der Waals surface area contributed by atoms with Crippen LogP contribution < -0.4 is 4.90 Å². The molecule has 0 saturated carbocycles. The van der Waals surface area contributed by atoms with Gasteiger partial charge in [0.15, 0.2) is 0 Å². The number of fused-ring (bicyclic) bond motifs is 1. The fourth-order valence-corrected chi connectivity index (χ4v) is 3.90. The lowest BCUT2D eigenvalue weighted by molar-refractivity contribution is 0.281. The first-order valence-electron chi connectivity index (χ1n) is 9.22. The maximum atomic E-state index is 13.4. The average molecular weight is 350 g/mol. The molecule has 4 heteroatoms. The smallest absolute Gasteiger partial charge is 0.123 e. The van der Waals surface area contributed by atoms with E-state index in [1.54, 1.807) is 12.1 Å². The van der Waals surface area contributed by atoms with Crippen LogP contribution in [0.1, 0.15) is 30.5 Å². The SMILES string of the molecule is Cc1nc2ccc(N3CCCCC3)cc2c(-c2ccc(F)cc2)c1CO. The quantitative estimate of drug-likeness (QED) is 0.735. The van der Waals surface area contributed by atoms with Gasteiger partial charge in [0.25, 0.3) is 0 Å². The van der Waals surface area contributed by atoms with Gasteiger partial charge >= 0.3 is 0 Å². The number of halogens is 1. The third-order valence-corrected chi connectivity index (χ3v) is 5.29. The first-order chi connectivity index (χ1) is 12.7. The number of hydrogen-bond acceptors (Lipinski definition) is 3. The molecule has 1 saturated heterocycles. The first kappa shape index (κ1) is 17.0. The first-order valence-corrected chi connectivity index (χ1v) is 9.22. The number of rotatable bonds is 3. The van der Waals surface area contributed by atoms with Gasteiger partial charge in [0.1, 0.15) is 5.82 Å². The summed E-state index contributed by atoms with van der Waals surface area (Å²) in [7, 11) is 0. The van der Waals surface area contributed by atoms with Gasteiger partial charge in [-0.15, -0.1) is 0 Å². The number of hydrogen-bond donors (Lipinski definition) is 1. The molecule has 26 heavy (non-hydrogen) atoms. The molecule has 3 aromatic rings. The number of aliphatic hydroxyl groups is 1. The molecule has 4 rings (SSSR count). The summed E-state index contributed by atoms with van der Waals surface area (Å²) in [6.45, 7) is 3.97. The number of piperidine rings is 1. The van der Waals surface area contributed by atoms with Crippen molar-refractivity contribution in [3.05, 3.63) is 59.5 Å². The topological polar surface area (TPSA) is 36.4 Å². The van der Waals surface area contributed by atoms with Crippen molar-refractivity contribution in [2.45, 2.75) is 32.8 Å². The molecule has 2 aromatic carbocycles. The molecular formula is C22H23FN2O. The minimum Gasteiger partial charge on any atom is -0.392 e. The van der Waals surface area contributed by atoms with Gasteiger partial charge < -0.3 is 10.0 Å². The van der Waals surface area contributed by atoms with E-state index in [1.165, 1.54) is 37.1 Å². The number of aromatic nitrogens is 1. The highest BCUT2D eigenvalue weighted by Gasteiger charge is 2.17. The van der Waals surface area contributed by atoms with Crippen molar-refractivity contribution in [2.75, 3.05) is 18.0 Å². The van der Waals surface area contributed by atoms with E-state index in [-0.39, 0.29) is 12.4 Å². The van der Waals surface area contributed by atoms with Crippen molar-refractivity contribution >= 4 is 16.6 Å². The van der Waals surface area contributed by atoms with Gasteiger partial charge in [0, 0.05) is 35.4 Å². The van der Waals surface area contributed by atoms with Crippen molar-refractivity contribution in [3.8, 4) is 11.1 Å². The van der Waals surface area contributed by atoms with Crippen LogP contribution in [0.25, 0.3) is 22.0 Å². The van der Waals surface area contributed by atoms with Crippen molar-refractivity contribution in [2.24, 2.45) is 0 Å². The Morgan fingerprint density at radius 3 is 2.46 bits per heavy atom. The van der Waals surface area contributed by atoms with Gasteiger partial charge in [-0.1, -0.05) is 12.1 Å². The fourth-order valence-electron chi connectivity index (χ4n) is 3.90. The van der Waals surface area contributed by atoms with Gasteiger partial charge in [-0.05, 0) is 67.6 Å². The number of anilines is 1. The molecule has 1 N–H and O–H groups in total. The number of pyridine rings is 1. The average Bonchev–Trinajstić information content (AvgIpc) is 2.68. The number of aliphatic hydroxyl groups excluding tert-OH is 1. The summed E-state index contributed by atoms with van der Waals surface area (Å²) in [5.41, 5.74) is 5.57. The minimum atomic E-state index is -0.261. The second kappa shape index (κ2) is 7.04. The van der Waals surface area contributed by atoms with Gasteiger partial charge in [-0.2, -0.15) is 0 Å². The zero-order valence-corrected chi connectivity index (χ0v) is 15.0. The molecular weight excluding hydrogens is 327 g/mol. The van der Waals surface area contributed by atoms with Crippen LogP contribution in [-0.4, -0.2) is 23.2 Å². The zero-order valence-electron chi connectivity index (χ0n) is 15.0. The van der Waals surface area contributed by atoms with Gasteiger partial charge in [-0.3, -0.25) is 4.98 Å². The molecule has 2 heterocycles. The third-order valence-electron chi connectivity index (χ3n) is 5.29. The Hall–Kier alpha value is -2.46. The van der Waals surface area contributed by atoms with Crippen LogP contribution in [0.2, 0.25) is 0 Å². The number of nitrogens with zero attached hydrogens (tertiary/aromatic N) is 2. The van der Waals surface area contributed by atoms with Crippen LogP contribution in [0.3, 0.4) is 0 Å². The Labute approximate surface area is 153 Å². The summed E-state index contributed by atoms with van der Waals surface area (Å²) in [5, 5.41) is 11.0. The third kappa shape index (κ3) is 3.06. The maximum Gasteiger partial charge on any atom is 0.123 e. The second-order valence-electron chi connectivity index (χ2n) is 6.96. The molecule has 0 bridgehead atoms. The molecule has 1 aliphatic heterocycles. The van der Waals surface area contributed by atoms with E-state index >= 15 is 0 Å². The van der Waals surface area contributed by atoms with Crippen molar-refractivity contribution in [1.29, 1.82) is 0 Å². The van der Waals surface area contributed by atoms with Crippen molar-refractivity contribution in [3.63, 3.8) is 0 Å². The normalized spacial score (nSPS) is 14.8. The van der Waals surface area contributed by atoms with Crippen LogP contribution in [-0.2, 0) is 6.61 Å². The lowest BCUT2D eigenvalue weighted by Crippen LogP contribution is -2.29. The minimum absolute atomic E-state index is 0.0879. The Morgan fingerprint density at radius 2 is 1.77 bits per heavy atom. The molecule has 0 aliphatic carbocycles. The molecule has 0 spiro atoms. The van der Waals surface area contributed by atoms with E-state index in [4.69, 9.17) is 0 Å². The predicted octanol–water partition coefficient (Wildman–Crippen LogP) is 4.83. The Kier molecular flexibility index (Phi) is 4.60. The zero-order chi connectivity index (χ0) is 18.1. The summed E-state index contributed by atoms with van der Waals surface area (Å²) in [5.74, 6) is -0.261. The van der Waals surface area contributed by atoms with Gasteiger partial charge in [0.05, 0.1) is 12.1 Å². The highest BCUT2D eigenvalue weighted by atomic mass is 19.1. The van der Waals surface area contributed by atoms with Crippen LogP contribution >= 0.6 is 0 Å². The largest absolute Gasteiger partial charge is 0.392 e. The molecule has 1 aromatic heterocycles. The monoisotopic (exact) mass is 350 g/mol. The molecule has 1 fully saturated rings. The van der Waals surface area contributed by atoms with Crippen molar-refractivity contribution in [1.82, 2.24) is 4.98 Å². The standard InChI is InChI=1S/C22H23FN2O/c1-15-20(14-26)22(16-5-7-17(23)8-6-16)19-13-18(9-10-21(19)24-15)25-11-3-2-4-12-25/h5-10,13,26H,2-4,11-12,14H2,1H3. The molecule has 3 nitrogen and oxygen atoms in total. The summed E-state index contributed by atoms with van der Waals surface area (Å²) in [6, 6.07) is 12.8. The van der Waals surface area contributed by atoms with E-state index in [1.807, 2.05) is 6.92 Å². The maximum absolute atomic E-state index is 13.4. The summed E-state index contributed by atoms with van der Waals surface area (Å²) in [6.07, 6.45) is 3.73. The Bertz CT molecular complexity index is 931.